The van der Waals surface area contributed by atoms with Gasteiger partial charge in [-0.25, -0.2) is 4.39 Å². The summed E-state index contributed by atoms with van der Waals surface area (Å²) in [5.74, 6) is -0.417. The molecule has 0 amide bonds. The fourth-order valence-electron chi connectivity index (χ4n) is 2.08. The van der Waals surface area contributed by atoms with Crippen LogP contribution in [0.3, 0.4) is 0 Å². The minimum Gasteiger partial charge on any atom is -0.490 e. The van der Waals surface area contributed by atoms with E-state index in [-0.39, 0.29) is 18.5 Å². The monoisotopic (exact) mass is 253 g/mol. The van der Waals surface area contributed by atoms with Crippen molar-refractivity contribution in [2.45, 2.75) is 18.9 Å². The van der Waals surface area contributed by atoms with Crippen molar-refractivity contribution >= 4 is 5.97 Å². The van der Waals surface area contributed by atoms with Crippen LogP contribution < -0.4 is 4.74 Å². The fourth-order valence-corrected chi connectivity index (χ4v) is 2.08. The number of halogens is 1. The molecule has 0 atom stereocenters. The van der Waals surface area contributed by atoms with Gasteiger partial charge in [0.25, 0.3) is 0 Å². The van der Waals surface area contributed by atoms with Crippen molar-refractivity contribution in [3.8, 4) is 5.75 Å². The molecule has 1 fully saturated rings. The van der Waals surface area contributed by atoms with Crippen molar-refractivity contribution in [2.75, 3.05) is 19.6 Å². The van der Waals surface area contributed by atoms with Gasteiger partial charge in [-0.3, -0.25) is 9.69 Å². The van der Waals surface area contributed by atoms with Gasteiger partial charge in [0.1, 0.15) is 17.7 Å². The van der Waals surface area contributed by atoms with E-state index in [1.807, 2.05) is 4.90 Å². The van der Waals surface area contributed by atoms with Crippen LogP contribution in [0.5, 0.6) is 5.75 Å². The molecule has 4 nitrogen and oxygen atoms in total. The minimum absolute atomic E-state index is 0.0838. The molecule has 0 aliphatic carbocycles. The van der Waals surface area contributed by atoms with E-state index in [9.17, 15) is 9.18 Å². The van der Waals surface area contributed by atoms with Crippen molar-refractivity contribution < 1.29 is 19.0 Å². The van der Waals surface area contributed by atoms with Crippen LogP contribution in [0.2, 0.25) is 0 Å². The van der Waals surface area contributed by atoms with Crippen LogP contribution in [0.25, 0.3) is 0 Å². The lowest BCUT2D eigenvalue weighted by atomic mass is 10.1. The van der Waals surface area contributed by atoms with Gasteiger partial charge in [0.2, 0.25) is 0 Å². The summed E-state index contributed by atoms with van der Waals surface area (Å²) >= 11 is 0. The van der Waals surface area contributed by atoms with Crippen molar-refractivity contribution in [3.05, 3.63) is 30.1 Å². The smallest absolute Gasteiger partial charge is 0.317 e. The first-order valence-electron chi connectivity index (χ1n) is 6.00. The first kappa shape index (κ1) is 12.8. The molecule has 0 aromatic heterocycles. The zero-order chi connectivity index (χ0) is 13.0. The second-order valence-electron chi connectivity index (χ2n) is 4.44. The molecule has 1 aliphatic rings. The van der Waals surface area contributed by atoms with Crippen LogP contribution in [0.15, 0.2) is 24.3 Å². The number of hydrogen-bond donors (Lipinski definition) is 1. The Hall–Kier alpha value is -1.62. The van der Waals surface area contributed by atoms with E-state index < -0.39 is 5.97 Å². The molecule has 1 aliphatic heterocycles. The molecule has 1 aromatic carbocycles. The molecular weight excluding hydrogens is 237 g/mol. The van der Waals surface area contributed by atoms with Crippen molar-refractivity contribution in [1.29, 1.82) is 0 Å². The fraction of sp³-hybridized carbons (Fsp3) is 0.462. The van der Waals surface area contributed by atoms with Crippen LogP contribution in [-0.2, 0) is 4.79 Å². The number of benzene rings is 1. The molecule has 0 saturated carbocycles. The van der Waals surface area contributed by atoms with Gasteiger partial charge in [-0.1, -0.05) is 0 Å². The third-order valence-electron chi connectivity index (χ3n) is 3.01. The number of ether oxygens (including phenoxy) is 1. The average molecular weight is 253 g/mol. The third-order valence-corrected chi connectivity index (χ3v) is 3.01. The summed E-state index contributed by atoms with van der Waals surface area (Å²) in [7, 11) is 0. The molecule has 0 bridgehead atoms. The van der Waals surface area contributed by atoms with Gasteiger partial charge in [-0.2, -0.15) is 0 Å². The summed E-state index contributed by atoms with van der Waals surface area (Å²) in [6, 6.07) is 5.96. The van der Waals surface area contributed by atoms with E-state index in [4.69, 9.17) is 9.84 Å². The van der Waals surface area contributed by atoms with E-state index in [1.165, 1.54) is 12.1 Å². The SMILES string of the molecule is O=C(O)CN1CCC(Oc2ccc(F)cc2)CC1. The van der Waals surface area contributed by atoms with E-state index in [0.29, 0.717) is 5.75 Å². The highest BCUT2D eigenvalue weighted by atomic mass is 19.1. The van der Waals surface area contributed by atoms with Crippen LogP contribution >= 0.6 is 0 Å². The summed E-state index contributed by atoms with van der Waals surface area (Å²) in [5, 5.41) is 8.68. The Morgan fingerprint density at radius 2 is 1.94 bits per heavy atom. The highest BCUT2D eigenvalue weighted by Gasteiger charge is 2.21. The first-order chi connectivity index (χ1) is 8.63. The van der Waals surface area contributed by atoms with Crippen LogP contribution in [0, 0.1) is 5.82 Å². The third kappa shape index (κ3) is 3.70. The molecule has 1 saturated heterocycles. The number of rotatable bonds is 4. The van der Waals surface area contributed by atoms with Crippen molar-refractivity contribution in [1.82, 2.24) is 4.90 Å². The summed E-state index contributed by atoms with van der Waals surface area (Å²) in [6.45, 7) is 1.53. The molecule has 2 rings (SSSR count). The first-order valence-corrected chi connectivity index (χ1v) is 6.00. The van der Waals surface area contributed by atoms with Gasteiger partial charge < -0.3 is 9.84 Å². The molecule has 0 spiro atoms. The van der Waals surface area contributed by atoms with Crippen molar-refractivity contribution in [3.63, 3.8) is 0 Å². The molecular formula is C13H16FNO3. The number of piperidine rings is 1. The van der Waals surface area contributed by atoms with Gasteiger partial charge in [-0.15, -0.1) is 0 Å². The number of carbonyl (C=O) groups is 1. The van der Waals surface area contributed by atoms with E-state index in [2.05, 4.69) is 0 Å². The van der Waals surface area contributed by atoms with E-state index in [0.717, 1.165) is 25.9 Å². The summed E-state index contributed by atoms with van der Waals surface area (Å²) < 4.78 is 18.4. The summed E-state index contributed by atoms with van der Waals surface area (Å²) in [6.07, 6.45) is 1.68. The van der Waals surface area contributed by atoms with Crippen LogP contribution in [-0.4, -0.2) is 41.7 Å². The number of carboxylic acids is 1. The molecule has 5 heteroatoms. The molecule has 1 N–H and O–H groups in total. The molecule has 1 heterocycles. The second-order valence-corrected chi connectivity index (χ2v) is 4.44. The lowest BCUT2D eigenvalue weighted by Crippen LogP contribution is -2.40. The van der Waals surface area contributed by atoms with E-state index in [1.54, 1.807) is 12.1 Å². The number of carboxylic acid groups (broad SMARTS) is 1. The standard InChI is InChI=1S/C13H16FNO3/c14-10-1-3-11(4-2-10)18-12-5-7-15(8-6-12)9-13(16)17/h1-4,12H,5-9H2,(H,16,17). The van der Waals surface area contributed by atoms with Gasteiger partial charge in [0.15, 0.2) is 0 Å². The Bertz CT molecular complexity index is 399. The molecule has 0 unspecified atom stereocenters. The maximum atomic E-state index is 12.7. The zero-order valence-electron chi connectivity index (χ0n) is 10.0. The zero-order valence-corrected chi connectivity index (χ0v) is 10.0. The van der Waals surface area contributed by atoms with Crippen LogP contribution in [0.1, 0.15) is 12.8 Å². The Balaban J connectivity index is 1.79. The quantitative estimate of drug-likeness (QED) is 0.888. The van der Waals surface area contributed by atoms with Gasteiger partial charge in [-0.05, 0) is 37.1 Å². The minimum atomic E-state index is -0.798. The normalized spacial score (nSPS) is 17.6. The maximum absolute atomic E-state index is 12.7. The predicted octanol–water partition coefficient (Wildman–Crippen LogP) is 1.75. The van der Waals surface area contributed by atoms with Gasteiger partial charge in [0, 0.05) is 13.1 Å². The Kier molecular flexibility index (Phi) is 4.15. The topological polar surface area (TPSA) is 49.8 Å². The largest absolute Gasteiger partial charge is 0.490 e. The molecule has 98 valence electrons. The lowest BCUT2D eigenvalue weighted by molar-refractivity contribution is -0.138. The summed E-state index contributed by atoms with van der Waals surface area (Å²) in [5.41, 5.74) is 0. The molecule has 18 heavy (non-hydrogen) atoms. The summed E-state index contributed by atoms with van der Waals surface area (Å²) in [4.78, 5) is 12.5. The average Bonchev–Trinajstić information content (AvgIpc) is 2.34. The highest BCUT2D eigenvalue weighted by Crippen LogP contribution is 2.19. The molecule has 1 aromatic rings. The number of likely N-dealkylation sites (tertiary alicyclic amines) is 1. The predicted molar refractivity (Wildman–Crippen MR) is 64.1 cm³/mol. The Morgan fingerprint density at radius 1 is 1.33 bits per heavy atom. The Labute approximate surface area is 105 Å². The number of hydrogen-bond acceptors (Lipinski definition) is 3. The second kappa shape index (κ2) is 5.82. The molecule has 0 radical (unpaired) electrons. The number of aliphatic carboxylic acids is 1. The maximum Gasteiger partial charge on any atom is 0.317 e. The lowest BCUT2D eigenvalue weighted by Gasteiger charge is -2.30. The van der Waals surface area contributed by atoms with E-state index >= 15 is 0 Å². The Morgan fingerprint density at radius 3 is 2.50 bits per heavy atom. The highest BCUT2D eigenvalue weighted by molar-refractivity contribution is 5.69. The van der Waals surface area contributed by atoms with Crippen LogP contribution in [0.4, 0.5) is 4.39 Å². The van der Waals surface area contributed by atoms with Crippen molar-refractivity contribution in [2.24, 2.45) is 0 Å². The van der Waals surface area contributed by atoms with Gasteiger partial charge >= 0.3 is 5.97 Å². The van der Waals surface area contributed by atoms with Gasteiger partial charge in [0.05, 0.1) is 6.54 Å². The number of nitrogens with zero attached hydrogens (tertiary/aromatic N) is 1.